The van der Waals surface area contributed by atoms with Gasteiger partial charge in [0.25, 0.3) is 0 Å². The number of nitrogens with one attached hydrogen (secondary N) is 1. The van der Waals surface area contributed by atoms with Gasteiger partial charge in [-0.3, -0.25) is 9.12 Å². The molecule has 0 atom stereocenters. The lowest BCUT2D eigenvalue weighted by molar-refractivity contribution is -0.0203. The summed E-state index contributed by atoms with van der Waals surface area (Å²) in [5.41, 5.74) is 0.874. The minimum atomic E-state index is -3.82. The largest absolute Gasteiger partial charge is 0.495 e. The quantitative estimate of drug-likeness (QED) is 0.461. The smallest absolute Gasteiger partial charge is 0.233 e. The molecule has 0 aliphatic carbocycles. The summed E-state index contributed by atoms with van der Waals surface area (Å²) in [4.78, 5) is 4.25. The van der Waals surface area contributed by atoms with Crippen molar-refractivity contribution >= 4 is 31.2 Å². The highest BCUT2D eigenvalue weighted by molar-refractivity contribution is 7.93. The monoisotopic (exact) mass is 541 g/mol. The van der Waals surface area contributed by atoms with E-state index in [-0.39, 0.29) is 39.3 Å². The van der Waals surface area contributed by atoms with Crippen molar-refractivity contribution in [3.8, 4) is 22.8 Å². The second kappa shape index (κ2) is 9.20. The fourth-order valence-corrected chi connectivity index (χ4v) is 6.51. The van der Waals surface area contributed by atoms with Gasteiger partial charge in [0.1, 0.15) is 16.3 Å². The number of rotatable bonds is 8. The molecule has 1 aliphatic rings. The van der Waals surface area contributed by atoms with Crippen LogP contribution in [0.5, 0.6) is 11.5 Å². The van der Waals surface area contributed by atoms with E-state index >= 15 is 4.39 Å². The number of methoxy groups -OCH3 is 2. The molecule has 0 radical (unpaired) electrons. The normalized spacial score (nSPS) is 15.1. The molecule has 0 unspecified atom stereocenters. The number of imidazole rings is 1. The van der Waals surface area contributed by atoms with E-state index < -0.39 is 30.4 Å². The van der Waals surface area contributed by atoms with Crippen LogP contribution in [-0.2, 0) is 24.6 Å². The van der Waals surface area contributed by atoms with Crippen molar-refractivity contribution < 1.29 is 35.4 Å². The Morgan fingerprint density at radius 3 is 2.39 bits per heavy atom. The van der Waals surface area contributed by atoms with E-state index in [1.807, 2.05) is 0 Å². The summed E-state index contributed by atoms with van der Waals surface area (Å²) in [5.74, 6) is -1.25. The van der Waals surface area contributed by atoms with Gasteiger partial charge in [-0.05, 0) is 32.9 Å². The van der Waals surface area contributed by atoms with E-state index in [4.69, 9.17) is 14.2 Å². The van der Waals surface area contributed by atoms with Crippen molar-refractivity contribution in [3.05, 3.63) is 36.4 Å². The van der Waals surface area contributed by atoms with E-state index in [0.717, 1.165) is 0 Å². The molecule has 3 heterocycles. The van der Waals surface area contributed by atoms with Crippen LogP contribution in [0.2, 0.25) is 0 Å². The third kappa shape index (κ3) is 4.74. The molecule has 1 N–H and O–H groups in total. The molecule has 0 spiro atoms. The summed E-state index contributed by atoms with van der Waals surface area (Å²) in [6.07, 6.45) is 2.81. The van der Waals surface area contributed by atoms with Crippen molar-refractivity contribution in [2.45, 2.75) is 30.4 Å². The van der Waals surface area contributed by atoms with E-state index in [1.54, 1.807) is 20.8 Å². The number of halogens is 1. The van der Waals surface area contributed by atoms with Crippen molar-refractivity contribution in [1.82, 2.24) is 9.38 Å². The Hall–Kier alpha value is -2.90. The molecule has 1 aromatic carbocycles. The number of aromatic nitrogens is 2. The Morgan fingerprint density at radius 2 is 1.83 bits per heavy atom. The van der Waals surface area contributed by atoms with Crippen LogP contribution in [0.1, 0.15) is 20.8 Å². The maximum absolute atomic E-state index is 15.0. The zero-order chi connectivity index (χ0) is 26.5. The van der Waals surface area contributed by atoms with Crippen molar-refractivity contribution in [2.24, 2.45) is 5.92 Å². The Kier molecular flexibility index (Phi) is 6.69. The van der Waals surface area contributed by atoms with Crippen molar-refractivity contribution in [1.29, 1.82) is 0 Å². The van der Waals surface area contributed by atoms with Gasteiger partial charge in [0.05, 0.1) is 55.5 Å². The highest BCUT2D eigenvalue weighted by atomic mass is 32.2. The minimum absolute atomic E-state index is 0.0538. The second-order valence-electron chi connectivity index (χ2n) is 9.52. The fourth-order valence-electron chi connectivity index (χ4n) is 3.82. The predicted octanol–water partition coefficient (Wildman–Crippen LogP) is 3.12. The number of sulfonamides is 1. The Labute approximate surface area is 209 Å². The molecule has 3 aromatic rings. The van der Waals surface area contributed by atoms with Crippen molar-refractivity contribution in [2.75, 3.05) is 37.9 Å². The third-order valence-electron chi connectivity index (χ3n) is 5.86. The summed E-state index contributed by atoms with van der Waals surface area (Å²) < 4.78 is 85.1. The lowest BCUT2D eigenvalue weighted by atomic mass is 10.1. The van der Waals surface area contributed by atoms with Gasteiger partial charge in [-0.2, -0.15) is 0 Å². The molecule has 4 rings (SSSR count). The van der Waals surface area contributed by atoms with Gasteiger partial charge in [-0.15, -0.1) is 0 Å². The summed E-state index contributed by atoms with van der Waals surface area (Å²) in [6.45, 7) is 5.42. The molecule has 1 fully saturated rings. The van der Waals surface area contributed by atoms with Crippen LogP contribution in [0.15, 0.2) is 35.5 Å². The van der Waals surface area contributed by atoms with Crippen LogP contribution in [-0.4, -0.2) is 64.2 Å². The molecule has 0 amide bonds. The van der Waals surface area contributed by atoms with E-state index in [9.17, 15) is 16.8 Å². The fraction of sp³-hybridized carbons (Fsp3) is 0.435. The Balaban J connectivity index is 1.85. The molecule has 0 bridgehead atoms. The molecular formula is C23H28FN3O7S2. The SMILES string of the molecule is COc1cc2ncc(-c3cc(F)c(OC)c(NS(=O)(=O)CC4COC4)c3)n2cc1S(=O)(=O)C(C)(C)C. The first-order chi connectivity index (χ1) is 16.8. The summed E-state index contributed by atoms with van der Waals surface area (Å²) in [7, 11) is -5.03. The van der Waals surface area contributed by atoms with Crippen LogP contribution < -0.4 is 14.2 Å². The summed E-state index contributed by atoms with van der Waals surface area (Å²) in [5, 5.41) is 0. The number of benzene rings is 1. The van der Waals surface area contributed by atoms with Gasteiger partial charge < -0.3 is 14.2 Å². The summed E-state index contributed by atoms with van der Waals surface area (Å²) in [6, 6.07) is 4.07. The number of ether oxygens (including phenoxy) is 3. The average molecular weight is 542 g/mol. The van der Waals surface area contributed by atoms with E-state index in [0.29, 0.717) is 24.6 Å². The first-order valence-corrected chi connectivity index (χ1v) is 14.2. The van der Waals surface area contributed by atoms with Crippen LogP contribution in [0.25, 0.3) is 16.9 Å². The number of fused-ring (bicyclic) bond motifs is 1. The maximum atomic E-state index is 15.0. The van der Waals surface area contributed by atoms with Gasteiger partial charge in [0, 0.05) is 23.7 Å². The summed E-state index contributed by atoms with van der Waals surface area (Å²) >= 11 is 0. The van der Waals surface area contributed by atoms with Crippen LogP contribution in [0.4, 0.5) is 10.1 Å². The lowest BCUT2D eigenvalue weighted by Crippen LogP contribution is -2.35. The number of pyridine rings is 1. The second-order valence-corrected chi connectivity index (χ2v) is 14.0. The zero-order valence-corrected chi connectivity index (χ0v) is 22.2. The molecule has 36 heavy (non-hydrogen) atoms. The standard InChI is InChI=1S/C23H28FN3O7S2/c1-23(2,3)36(30,31)20-10-27-18(9-25-21(27)8-19(20)32-4)15-6-16(24)22(33-5)17(7-15)26-35(28,29)13-14-11-34-12-14/h6-10,14,26H,11-13H2,1-5H3. The Bertz CT molecular complexity index is 1520. The van der Waals surface area contributed by atoms with Gasteiger partial charge in [0.2, 0.25) is 10.0 Å². The molecule has 196 valence electrons. The number of hydrogen-bond donors (Lipinski definition) is 1. The highest BCUT2D eigenvalue weighted by Crippen LogP contribution is 2.37. The predicted molar refractivity (Wildman–Crippen MR) is 132 cm³/mol. The first-order valence-electron chi connectivity index (χ1n) is 11.0. The van der Waals surface area contributed by atoms with Crippen LogP contribution in [0.3, 0.4) is 0 Å². The molecule has 1 saturated heterocycles. The van der Waals surface area contributed by atoms with Crippen molar-refractivity contribution in [3.63, 3.8) is 0 Å². The van der Waals surface area contributed by atoms with Crippen LogP contribution in [0, 0.1) is 11.7 Å². The zero-order valence-electron chi connectivity index (χ0n) is 20.5. The molecule has 13 heteroatoms. The number of sulfone groups is 1. The lowest BCUT2D eigenvalue weighted by Gasteiger charge is -2.25. The molecule has 2 aromatic heterocycles. The van der Waals surface area contributed by atoms with Gasteiger partial charge >= 0.3 is 0 Å². The third-order valence-corrected chi connectivity index (χ3v) is 9.80. The van der Waals surface area contributed by atoms with Gasteiger partial charge in [-0.1, -0.05) is 0 Å². The van der Waals surface area contributed by atoms with Crippen LogP contribution >= 0.6 is 0 Å². The topological polar surface area (TPSA) is 125 Å². The maximum Gasteiger partial charge on any atom is 0.233 e. The number of nitrogens with zero attached hydrogens (tertiary/aromatic N) is 2. The molecular weight excluding hydrogens is 513 g/mol. The van der Waals surface area contributed by atoms with E-state index in [2.05, 4.69) is 9.71 Å². The molecule has 0 saturated carbocycles. The first kappa shape index (κ1) is 26.2. The van der Waals surface area contributed by atoms with Gasteiger partial charge in [-0.25, -0.2) is 26.2 Å². The molecule has 1 aliphatic heterocycles. The minimum Gasteiger partial charge on any atom is -0.495 e. The van der Waals surface area contributed by atoms with Gasteiger partial charge in [0.15, 0.2) is 21.4 Å². The Morgan fingerprint density at radius 1 is 1.14 bits per heavy atom. The number of anilines is 1. The average Bonchev–Trinajstić information content (AvgIpc) is 3.17. The number of hydrogen-bond acceptors (Lipinski definition) is 8. The van der Waals surface area contributed by atoms with E-state index in [1.165, 1.54) is 49.2 Å². The molecule has 10 nitrogen and oxygen atoms in total. The highest BCUT2D eigenvalue weighted by Gasteiger charge is 2.34.